The predicted molar refractivity (Wildman–Crippen MR) is 129 cm³/mol. The average Bonchev–Trinajstić information content (AvgIpc) is 2.38. The molecule has 0 fully saturated rings. The van der Waals surface area contributed by atoms with Crippen molar-refractivity contribution in [1.29, 1.82) is 0 Å². The molecule has 21 N–H and O–H groups in total. The Bertz CT molecular complexity index is 305. The highest BCUT2D eigenvalue weighted by Gasteiger charge is 1.99. The summed E-state index contributed by atoms with van der Waals surface area (Å²) in [7, 11) is 6.91. The number of nitrogens with one attached hydrogen (secondary N) is 2. The average molecular weight is 521 g/mol. The summed E-state index contributed by atoms with van der Waals surface area (Å²) in [6.45, 7) is 6.98. The summed E-state index contributed by atoms with van der Waals surface area (Å²) in [5, 5.41) is 13.1. The largest absolute Gasteiger partial charge is 0.480 e. The Kier molecular flexibility index (Phi) is 165. The van der Waals surface area contributed by atoms with Gasteiger partial charge >= 0.3 is 5.97 Å². The molecule has 0 aromatic heterocycles. The van der Waals surface area contributed by atoms with E-state index in [-0.39, 0.29) is 67.4 Å². The first-order chi connectivity index (χ1) is 9.76. The fourth-order valence-electron chi connectivity index (χ4n) is 0.834. The quantitative estimate of drug-likeness (QED) is 0.286. The third kappa shape index (κ3) is 92.3. The summed E-state index contributed by atoms with van der Waals surface area (Å²) in [5.41, 5.74) is -0.0440. The summed E-state index contributed by atoms with van der Waals surface area (Å²) >= 11 is 0. The zero-order valence-electron chi connectivity index (χ0n) is 17.4. The van der Waals surface area contributed by atoms with Crippen LogP contribution in [0, 0.1) is 0 Å². The first-order valence-corrected chi connectivity index (χ1v) is 8.59. The normalized spacial score (nSPS) is 5.93. The summed E-state index contributed by atoms with van der Waals surface area (Å²) in [6.07, 6.45) is 1.37. The van der Waals surface area contributed by atoms with Gasteiger partial charge in [0.1, 0.15) is 0 Å². The van der Waals surface area contributed by atoms with Crippen LogP contribution in [0.1, 0.15) is 20.8 Å². The molecule has 0 aromatic rings. The van der Waals surface area contributed by atoms with Crippen LogP contribution >= 0.6 is 27.7 Å². The molecule has 2 amide bonds. The number of hydrogen-bond donors (Lipinski definition) is 3. The molecule has 0 saturated heterocycles. The number of carboxylic acid groups (broad SMARTS) is 1. The van der Waals surface area contributed by atoms with Crippen molar-refractivity contribution >= 4 is 45.2 Å². The van der Waals surface area contributed by atoms with Crippen LogP contribution in [0.3, 0.4) is 0 Å². The van der Waals surface area contributed by atoms with Crippen molar-refractivity contribution in [1.82, 2.24) is 15.5 Å². The van der Waals surface area contributed by atoms with E-state index in [1.807, 2.05) is 23.1 Å². The number of amides is 2. The minimum atomic E-state index is -0.817. The van der Waals surface area contributed by atoms with Gasteiger partial charge < -0.3 is 69.9 Å². The minimum absolute atomic E-state index is 0. The van der Waals surface area contributed by atoms with Gasteiger partial charge in [-0.3, -0.25) is 14.4 Å². The number of rotatable bonds is 6. The smallest absolute Gasteiger partial charge is 0.317 e. The van der Waals surface area contributed by atoms with Gasteiger partial charge in [0.15, 0.2) is 0 Å². The molecule has 0 aliphatic carbocycles. The van der Waals surface area contributed by atoms with Crippen molar-refractivity contribution in [3.8, 4) is 0 Å². The van der Waals surface area contributed by atoms with Crippen LogP contribution in [-0.2, 0) is 9.59 Å². The molecule has 19 heteroatoms. The van der Waals surface area contributed by atoms with E-state index in [2.05, 4.69) is 29.1 Å². The van der Waals surface area contributed by atoms with E-state index in [0.29, 0.717) is 12.8 Å². The van der Waals surface area contributed by atoms with Gasteiger partial charge in [-0.25, -0.2) is 0 Å². The molecule has 0 aliphatic heterocycles. The molecule has 0 aromatic carbocycles. The maximum atomic E-state index is 10.5. The van der Waals surface area contributed by atoms with Gasteiger partial charge in [0.25, 0.3) is 0 Å². The van der Waals surface area contributed by atoms with Gasteiger partial charge in [0.05, 0.1) is 6.54 Å². The molecule has 30 heavy (non-hydrogen) atoms. The molecule has 0 heterocycles. The lowest BCUT2D eigenvalue weighted by Crippen LogP contribution is -2.26. The molecule has 0 radical (unpaired) electrons. The number of hydrogen-bond acceptors (Lipinski definition) is 4. The Hall–Kier alpha value is -0.700. The number of carboxylic acids is 1. The number of nitrogens with zero attached hydrogens (tertiary/aromatic N) is 1. The molecular formula is C11H46N3O13P3. The lowest BCUT2D eigenvalue weighted by Gasteiger charge is -2.14. The van der Waals surface area contributed by atoms with Gasteiger partial charge in [-0.05, 0) is 23.1 Å². The van der Waals surface area contributed by atoms with Crippen LogP contribution in [0.2, 0.25) is 0 Å². The van der Waals surface area contributed by atoms with Crippen molar-refractivity contribution in [3.63, 3.8) is 0 Å². The van der Waals surface area contributed by atoms with Crippen molar-refractivity contribution in [2.75, 3.05) is 32.2 Å². The Labute approximate surface area is 183 Å². The van der Waals surface area contributed by atoms with Crippen LogP contribution in [0.25, 0.3) is 0 Å². The molecule has 0 aliphatic rings. The maximum absolute atomic E-state index is 10.5. The lowest BCUT2D eigenvalue weighted by molar-refractivity contribution is -0.136. The second-order valence-electron chi connectivity index (χ2n) is 3.48. The van der Waals surface area contributed by atoms with Gasteiger partial charge in [0, 0.05) is 32.6 Å². The number of carbonyl (C=O) groups is 3. The van der Waals surface area contributed by atoms with Gasteiger partial charge in [0.2, 0.25) is 11.6 Å². The summed E-state index contributed by atoms with van der Waals surface area (Å²) in [6, 6.07) is 0. The van der Waals surface area contributed by atoms with Gasteiger partial charge in [-0.15, -0.1) is 18.5 Å². The first kappa shape index (κ1) is 78.4. The molecule has 0 spiro atoms. The van der Waals surface area contributed by atoms with Crippen LogP contribution in [0.5, 0.6) is 0 Å². The Morgan fingerprint density at radius 1 is 0.867 bits per heavy atom. The van der Waals surface area contributed by atoms with Crippen molar-refractivity contribution in [2.45, 2.75) is 20.8 Å². The minimum Gasteiger partial charge on any atom is -0.480 e. The van der Waals surface area contributed by atoms with Gasteiger partial charge in [-0.1, -0.05) is 0 Å². The number of carbonyl (C=O) groups excluding carboxylic acids is 2. The van der Waals surface area contributed by atoms with E-state index in [9.17, 15) is 14.4 Å². The van der Waals surface area contributed by atoms with Crippen molar-refractivity contribution in [2.24, 2.45) is 0 Å². The monoisotopic (exact) mass is 521 g/mol. The molecule has 16 nitrogen and oxygen atoms in total. The standard InChI is InChI=1S/C5H12NOP.C3H8NO2P.C3H8NOP.9H2O/c1-3-6(4-8)5(2)7;5-3(6)1-4-2-7;1-2-4-3(5)6;;;;;;;;;/h3-4,8H2,1-2H3;4H,1-2,7H2,(H,5,6);2,6H2,1H3,(H,4,5);9*1H2. The van der Waals surface area contributed by atoms with E-state index < -0.39 is 5.97 Å². The third-order valence-electron chi connectivity index (χ3n) is 1.82. The van der Waals surface area contributed by atoms with Crippen molar-refractivity contribution in [3.05, 3.63) is 0 Å². The number of aliphatic carboxylic acids is 1. The Morgan fingerprint density at radius 2 is 1.23 bits per heavy atom. The van der Waals surface area contributed by atoms with Crippen molar-refractivity contribution < 1.29 is 68.8 Å². The fourth-order valence-corrected chi connectivity index (χ4v) is 1.70. The molecule has 0 saturated carbocycles. The van der Waals surface area contributed by atoms with E-state index in [1.54, 1.807) is 11.8 Å². The van der Waals surface area contributed by atoms with Crippen LogP contribution in [0.15, 0.2) is 0 Å². The third-order valence-corrected chi connectivity index (χ3v) is 2.75. The Balaban J connectivity index is -0.0000000142. The first-order valence-electron chi connectivity index (χ1n) is 6.38. The maximum Gasteiger partial charge on any atom is 0.317 e. The summed E-state index contributed by atoms with van der Waals surface area (Å²) in [4.78, 5) is 31.8. The summed E-state index contributed by atoms with van der Waals surface area (Å²) in [5.74, 6) is -0.676. The van der Waals surface area contributed by atoms with E-state index in [0.717, 1.165) is 12.8 Å². The zero-order valence-corrected chi connectivity index (χ0v) is 20.9. The highest BCUT2D eigenvalue weighted by Crippen LogP contribution is 1.92. The summed E-state index contributed by atoms with van der Waals surface area (Å²) < 4.78 is 0. The highest BCUT2D eigenvalue weighted by molar-refractivity contribution is 7.39. The molecule has 0 bridgehead atoms. The van der Waals surface area contributed by atoms with Crippen LogP contribution < -0.4 is 10.6 Å². The van der Waals surface area contributed by atoms with E-state index in [4.69, 9.17) is 5.11 Å². The topological polar surface area (TPSA) is 382 Å². The molecular weight excluding hydrogens is 475 g/mol. The SMILES string of the molecule is CCN(CP)C(C)=O.CCNC(=O)P.O.O.O.O.O.O.O.O.O.O=C(O)CNCP. The second-order valence-corrected chi connectivity index (χ2v) is 4.77. The highest BCUT2D eigenvalue weighted by atomic mass is 31.0. The lowest BCUT2D eigenvalue weighted by atomic mass is 10.6. The predicted octanol–water partition coefficient (Wildman–Crippen LogP) is -6.65. The molecule has 198 valence electrons. The van der Waals surface area contributed by atoms with Crippen LogP contribution in [0.4, 0.5) is 4.79 Å². The van der Waals surface area contributed by atoms with E-state index >= 15 is 0 Å². The zero-order chi connectivity index (χ0) is 17.3. The van der Waals surface area contributed by atoms with E-state index in [1.165, 1.54) is 0 Å². The molecule has 3 unspecified atom stereocenters. The molecule has 0 rings (SSSR count). The fraction of sp³-hybridized carbons (Fsp3) is 0.727. The molecule has 3 atom stereocenters. The second kappa shape index (κ2) is 63.0. The van der Waals surface area contributed by atoms with Gasteiger partial charge in [-0.2, -0.15) is 0 Å². The van der Waals surface area contributed by atoms with Crippen LogP contribution in [-0.4, -0.2) is 109 Å². The Morgan fingerprint density at radius 3 is 1.27 bits per heavy atom.